The Morgan fingerprint density at radius 2 is 1.96 bits per heavy atom. The van der Waals surface area contributed by atoms with Crippen LogP contribution in [0.2, 0.25) is 0 Å². The predicted molar refractivity (Wildman–Crippen MR) is 91.9 cm³/mol. The molecular weight excluding hydrogens is 382 g/mol. The van der Waals surface area contributed by atoms with Crippen LogP contribution in [0.5, 0.6) is 0 Å². The van der Waals surface area contributed by atoms with Crippen molar-refractivity contribution < 1.29 is 22.4 Å². The average Bonchev–Trinajstić information content (AvgIpc) is 3.26. The second-order valence-electron chi connectivity index (χ2n) is 5.85. The van der Waals surface area contributed by atoms with Gasteiger partial charge in [-0.1, -0.05) is 0 Å². The number of nitrogens with two attached hydrogens (primary N) is 1. The molecule has 1 aromatic carbocycles. The maximum absolute atomic E-state index is 13.4. The first-order chi connectivity index (χ1) is 12.5. The fraction of sp³-hybridized carbons (Fsp3) is 0.235. The van der Waals surface area contributed by atoms with Gasteiger partial charge < -0.3 is 19.5 Å². The third kappa shape index (κ3) is 3.69. The highest BCUT2D eigenvalue weighted by atomic mass is 35.5. The number of hydrogen-bond acceptors (Lipinski definition) is 6. The largest absolute Gasteiger partial charge is 0.447 e. The number of halogens is 3. The van der Waals surface area contributed by atoms with Crippen LogP contribution in [-0.2, 0) is 19.5 Å². The molecular formula is C17H15ClF2N4O3. The maximum Gasteiger partial charge on any atom is 0.276 e. The minimum Gasteiger partial charge on any atom is -0.447 e. The molecule has 1 aliphatic rings. The van der Waals surface area contributed by atoms with Crippen LogP contribution < -0.4 is 5.73 Å². The number of benzene rings is 1. The normalized spacial score (nSPS) is 13.2. The number of carbonyl (C=O) groups is 1. The van der Waals surface area contributed by atoms with E-state index in [9.17, 15) is 13.6 Å². The number of hydrogen-bond donors (Lipinski definition) is 1. The molecule has 27 heavy (non-hydrogen) atoms. The van der Waals surface area contributed by atoms with E-state index in [4.69, 9.17) is 14.6 Å². The lowest BCUT2D eigenvalue weighted by atomic mass is 10.1. The summed E-state index contributed by atoms with van der Waals surface area (Å²) in [4.78, 5) is 22.4. The van der Waals surface area contributed by atoms with Crippen LogP contribution in [0.4, 0.5) is 8.78 Å². The Bertz CT molecular complexity index is 968. The zero-order valence-corrected chi connectivity index (χ0v) is 14.8. The van der Waals surface area contributed by atoms with E-state index in [1.807, 2.05) is 0 Å². The van der Waals surface area contributed by atoms with Gasteiger partial charge in [0.15, 0.2) is 5.69 Å². The van der Waals surface area contributed by atoms with E-state index in [0.717, 1.165) is 18.2 Å². The molecule has 1 aliphatic heterocycles. The van der Waals surface area contributed by atoms with Crippen molar-refractivity contribution >= 4 is 18.3 Å². The van der Waals surface area contributed by atoms with Crippen LogP contribution in [-0.4, -0.2) is 27.3 Å². The third-order valence-corrected chi connectivity index (χ3v) is 4.07. The number of nitrogens with zero attached hydrogens (tertiary/aromatic N) is 3. The van der Waals surface area contributed by atoms with Crippen molar-refractivity contribution in [2.45, 2.75) is 19.5 Å². The molecule has 2 aromatic heterocycles. The van der Waals surface area contributed by atoms with E-state index in [1.165, 1.54) is 6.26 Å². The van der Waals surface area contributed by atoms with Crippen molar-refractivity contribution in [3.8, 4) is 11.5 Å². The molecule has 0 spiro atoms. The summed E-state index contributed by atoms with van der Waals surface area (Å²) >= 11 is 0. The van der Waals surface area contributed by atoms with E-state index in [-0.39, 0.29) is 54.4 Å². The molecule has 0 saturated heterocycles. The van der Waals surface area contributed by atoms with Gasteiger partial charge in [0.25, 0.3) is 5.91 Å². The zero-order chi connectivity index (χ0) is 18.3. The highest BCUT2D eigenvalue weighted by Crippen LogP contribution is 2.27. The Morgan fingerprint density at radius 3 is 2.63 bits per heavy atom. The Balaban J connectivity index is 0.00000210. The summed E-state index contributed by atoms with van der Waals surface area (Å²) in [7, 11) is 0. The van der Waals surface area contributed by atoms with Gasteiger partial charge in [-0.2, -0.15) is 0 Å². The summed E-state index contributed by atoms with van der Waals surface area (Å²) in [6, 6.07) is 3.07. The monoisotopic (exact) mass is 396 g/mol. The summed E-state index contributed by atoms with van der Waals surface area (Å²) in [5.41, 5.74) is 6.35. The van der Waals surface area contributed by atoms with Gasteiger partial charge >= 0.3 is 0 Å². The van der Waals surface area contributed by atoms with Gasteiger partial charge in [-0.25, -0.2) is 18.7 Å². The van der Waals surface area contributed by atoms with E-state index in [0.29, 0.717) is 24.4 Å². The second-order valence-corrected chi connectivity index (χ2v) is 5.85. The zero-order valence-electron chi connectivity index (χ0n) is 13.9. The molecule has 2 N–H and O–H groups in total. The highest BCUT2D eigenvalue weighted by Gasteiger charge is 2.28. The minimum atomic E-state index is -0.713. The standard InChI is InChI=1S/C17H14F2N4O3.ClH/c18-10-3-9(4-11(19)5-10)16-22-12-7-23(2-1-14(12)26-16)17(24)13-8-25-15(6-20)21-13;/h3-5,8H,1-2,6-7,20H2;1H. The van der Waals surface area contributed by atoms with Crippen molar-refractivity contribution in [1.82, 2.24) is 14.9 Å². The summed E-state index contributed by atoms with van der Waals surface area (Å²) in [5.74, 6) is -0.737. The molecule has 0 radical (unpaired) electrons. The maximum atomic E-state index is 13.4. The fourth-order valence-corrected chi connectivity index (χ4v) is 2.84. The summed E-state index contributed by atoms with van der Waals surface area (Å²) in [6.45, 7) is 0.720. The summed E-state index contributed by atoms with van der Waals surface area (Å²) in [6.07, 6.45) is 1.71. The number of amides is 1. The van der Waals surface area contributed by atoms with Crippen molar-refractivity contribution in [2.24, 2.45) is 5.73 Å². The number of oxazole rings is 2. The fourth-order valence-electron chi connectivity index (χ4n) is 2.84. The molecule has 3 aromatic rings. The molecule has 0 fully saturated rings. The second kappa shape index (κ2) is 7.45. The third-order valence-electron chi connectivity index (χ3n) is 4.07. The van der Waals surface area contributed by atoms with Gasteiger partial charge in [0.1, 0.15) is 29.4 Å². The van der Waals surface area contributed by atoms with Crippen LogP contribution in [0.1, 0.15) is 27.8 Å². The molecule has 10 heteroatoms. The van der Waals surface area contributed by atoms with Gasteiger partial charge in [-0.3, -0.25) is 4.79 Å². The van der Waals surface area contributed by atoms with Gasteiger partial charge in [0.2, 0.25) is 11.8 Å². The number of carbonyl (C=O) groups excluding carboxylic acids is 1. The molecule has 142 valence electrons. The van der Waals surface area contributed by atoms with Gasteiger partial charge in [0.05, 0.1) is 13.1 Å². The highest BCUT2D eigenvalue weighted by molar-refractivity contribution is 5.92. The number of rotatable bonds is 3. The van der Waals surface area contributed by atoms with Crippen molar-refractivity contribution in [3.05, 3.63) is 59.1 Å². The van der Waals surface area contributed by atoms with Crippen molar-refractivity contribution in [1.29, 1.82) is 0 Å². The van der Waals surface area contributed by atoms with E-state index < -0.39 is 11.6 Å². The Morgan fingerprint density at radius 1 is 1.22 bits per heavy atom. The Labute approximate surface area is 158 Å². The average molecular weight is 397 g/mol. The first kappa shape index (κ1) is 19.0. The van der Waals surface area contributed by atoms with Gasteiger partial charge in [-0.15, -0.1) is 12.4 Å². The molecule has 7 nitrogen and oxygen atoms in total. The Hall–Kier alpha value is -2.78. The Kier molecular flexibility index (Phi) is 5.24. The van der Waals surface area contributed by atoms with Gasteiger partial charge in [-0.05, 0) is 12.1 Å². The predicted octanol–water partition coefficient (Wildman–Crippen LogP) is 2.69. The molecule has 4 rings (SSSR count). The smallest absolute Gasteiger partial charge is 0.276 e. The number of fused-ring (bicyclic) bond motifs is 1. The van der Waals surface area contributed by atoms with Crippen molar-refractivity contribution in [3.63, 3.8) is 0 Å². The van der Waals surface area contributed by atoms with Crippen LogP contribution in [0.25, 0.3) is 11.5 Å². The van der Waals surface area contributed by atoms with Crippen LogP contribution in [0.3, 0.4) is 0 Å². The topological polar surface area (TPSA) is 98.4 Å². The van der Waals surface area contributed by atoms with Gasteiger partial charge in [0, 0.05) is 24.6 Å². The molecule has 0 atom stereocenters. The molecule has 0 aliphatic carbocycles. The van der Waals surface area contributed by atoms with Crippen molar-refractivity contribution in [2.75, 3.05) is 6.54 Å². The van der Waals surface area contributed by atoms with Crippen LogP contribution >= 0.6 is 12.4 Å². The molecule has 3 heterocycles. The lowest BCUT2D eigenvalue weighted by Gasteiger charge is -2.24. The molecule has 0 saturated carbocycles. The summed E-state index contributed by atoms with van der Waals surface area (Å²) in [5, 5.41) is 0. The lowest BCUT2D eigenvalue weighted by Crippen LogP contribution is -2.36. The SMILES string of the molecule is Cl.NCc1nc(C(=O)N2CCc3oc(-c4cc(F)cc(F)c4)nc3C2)co1. The van der Waals surface area contributed by atoms with E-state index in [1.54, 1.807) is 4.90 Å². The minimum absolute atomic E-state index is 0. The molecule has 0 unspecified atom stereocenters. The molecule has 1 amide bonds. The lowest BCUT2D eigenvalue weighted by molar-refractivity contribution is 0.0722. The quantitative estimate of drug-likeness (QED) is 0.730. The van der Waals surface area contributed by atoms with Crippen LogP contribution in [0, 0.1) is 11.6 Å². The first-order valence-electron chi connectivity index (χ1n) is 7.92. The molecule has 0 bridgehead atoms. The van der Waals surface area contributed by atoms with E-state index in [2.05, 4.69) is 9.97 Å². The number of aromatic nitrogens is 2. The summed E-state index contributed by atoms with van der Waals surface area (Å²) < 4.78 is 37.5. The first-order valence-corrected chi connectivity index (χ1v) is 7.92. The van der Waals surface area contributed by atoms with E-state index >= 15 is 0 Å². The van der Waals surface area contributed by atoms with Crippen LogP contribution in [0.15, 0.2) is 33.3 Å².